The van der Waals surface area contributed by atoms with Gasteiger partial charge in [-0.15, -0.1) is 0 Å². The second-order valence-corrected chi connectivity index (χ2v) is 8.91. The topological polar surface area (TPSA) is 214 Å². The molecular formula is C23H30N6O7. The summed E-state index contributed by atoms with van der Waals surface area (Å²) in [5.74, 6) is -3.74. The van der Waals surface area contributed by atoms with E-state index in [1.807, 2.05) is 0 Å². The fourth-order valence-electron chi connectivity index (χ4n) is 4.35. The van der Waals surface area contributed by atoms with Gasteiger partial charge in [0.1, 0.15) is 29.9 Å². The lowest BCUT2D eigenvalue weighted by molar-refractivity contribution is -0.143. The molecular weight excluding hydrogens is 472 g/mol. The minimum Gasteiger partial charge on any atom is -0.508 e. The quantitative estimate of drug-likeness (QED) is 0.203. The maximum absolute atomic E-state index is 13.3. The van der Waals surface area contributed by atoms with Crippen molar-refractivity contribution in [3.8, 4) is 5.75 Å². The van der Waals surface area contributed by atoms with E-state index in [9.17, 15) is 33.9 Å². The molecule has 2 saturated heterocycles. The number of hydrogen-bond donors (Lipinski definition) is 6. The van der Waals surface area contributed by atoms with Gasteiger partial charge in [-0.2, -0.15) is 0 Å². The standard InChI is InChI=1S/C23H30N6O7/c24-18(31)11-16(28-21(34)14-7-8-19(32)26-14)23(36)29-9-1-2-17(29)22(35)27-15(20(25)33)10-12-3-5-13(30)6-4-12/h3-6,14-17,30H,1-2,7-11H2,(H2,24,31)(H2,25,33)(H,26,32)(H,27,35)(H,28,34)/t14-,15+,16-,17-/m0/s1. The Hall–Kier alpha value is -4.16. The minimum absolute atomic E-state index is 0.0476. The van der Waals surface area contributed by atoms with Crippen LogP contribution in [0.2, 0.25) is 0 Å². The van der Waals surface area contributed by atoms with E-state index in [1.54, 1.807) is 12.1 Å². The lowest BCUT2D eigenvalue weighted by Crippen LogP contribution is -2.58. The van der Waals surface area contributed by atoms with Crippen molar-refractivity contribution >= 4 is 35.4 Å². The van der Waals surface area contributed by atoms with Crippen molar-refractivity contribution in [2.75, 3.05) is 6.54 Å². The van der Waals surface area contributed by atoms with Crippen LogP contribution in [0.3, 0.4) is 0 Å². The van der Waals surface area contributed by atoms with Crippen molar-refractivity contribution in [1.29, 1.82) is 0 Å². The predicted octanol–water partition coefficient (Wildman–Crippen LogP) is -2.47. The zero-order chi connectivity index (χ0) is 26.4. The molecule has 0 bridgehead atoms. The van der Waals surface area contributed by atoms with Crippen molar-refractivity contribution in [1.82, 2.24) is 20.9 Å². The molecule has 13 nitrogen and oxygen atoms in total. The SMILES string of the molecule is NC(=O)C[C@H](NC(=O)[C@@H]1CCC(=O)N1)C(=O)N1CCC[C@H]1C(=O)N[C@H](Cc1ccc(O)cc1)C(N)=O. The Morgan fingerprint density at radius 3 is 2.28 bits per heavy atom. The molecule has 0 saturated carbocycles. The summed E-state index contributed by atoms with van der Waals surface area (Å²) in [7, 11) is 0. The van der Waals surface area contributed by atoms with Gasteiger partial charge in [-0.05, 0) is 37.0 Å². The van der Waals surface area contributed by atoms with Gasteiger partial charge in [0.2, 0.25) is 35.4 Å². The minimum atomic E-state index is -1.31. The van der Waals surface area contributed by atoms with Crippen LogP contribution in [-0.2, 0) is 35.2 Å². The van der Waals surface area contributed by atoms with Gasteiger partial charge in [0.05, 0.1) is 6.42 Å². The first-order chi connectivity index (χ1) is 17.0. The highest BCUT2D eigenvalue weighted by Crippen LogP contribution is 2.20. The number of hydrogen-bond acceptors (Lipinski definition) is 7. The Bertz CT molecular complexity index is 1040. The van der Waals surface area contributed by atoms with Crippen LogP contribution in [0.25, 0.3) is 0 Å². The average Bonchev–Trinajstić information content (AvgIpc) is 3.48. The molecule has 2 heterocycles. The van der Waals surface area contributed by atoms with Gasteiger partial charge < -0.3 is 37.4 Å². The fourth-order valence-corrected chi connectivity index (χ4v) is 4.35. The summed E-state index contributed by atoms with van der Waals surface area (Å²) in [5, 5.41) is 17.0. The Labute approximate surface area is 206 Å². The molecule has 194 valence electrons. The molecule has 1 aromatic carbocycles. The normalized spacial score (nSPS) is 20.8. The van der Waals surface area contributed by atoms with Crippen LogP contribution in [0.4, 0.5) is 0 Å². The third-order valence-corrected chi connectivity index (χ3v) is 6.21. The lowest BCUT2D eigenvalue weighted by atomic mass is 10.0. The molecule has 0 spiro atoms. The Morgan fingerprint density at radius 1 is 1.03 bits per heavy atom. The van der Waals surface area contributed by atoms with E-state index in [-0.39, 0.29) is 37.5 Å². The number of carbonyl (C=O) groups excluding carboxylic acids is 6. The van der Waals surface area contributed by atoms with Gasteiger partial charge in [0.15, 0.2) is 0 Å². The smallest absolute Gasteiger partial charge is 0.246 e. The number of primary amides is 2. The van der Waals surface area contributed by atoms with Crippen molar-refractivity contribution in [3.05, 3.63) is 29.8 Å². The van der Waals surface area contributed by atoms with Crippen molar-refractivity contribution in [2.24, 2.45) is 11.5 Å². The third-order valence-electron chi connectivity index (χ3n) is 6.21. The molecule has 6 amide bonds. The first kappa shape index (κ1) is 26.4. The van der Waals surface area contributed by atoms with E-state index < -0.39 is 60.1 Å². The summed E-state index contributed by atoms with van der Waals surface area (Å²) in [5.41, 5.74) is 11.4. The monoisotopic (exact) mass is 502 g/mol. The number of nitrogens with zero attached hydrogens (tertiary/aromatic N) is 1. The number of likely N-dealkylation sites (tertiary alicyclic amines) is 1. The van der Waals surface area contributed by atoms with Crippen molar-refractivity contribution in [3.63, 3.8) is 0 Å². The van der Waals surface area contributed by atoms with E-state index in [0.29, 0.717) is 18.4 Å². The van der Waals surface area contributed by atoms with Crippen LogP contribution in [0.5, 0.6) is 5.75 Å². The molecule has 0 aliphatic carbocycles. The van der Waals surface area contributed by atoms with Crippen LogP contribution in [-0.4, -0.2) is 76.2 Å². The van der Waals surface area contributed by atoms with Crippen LogP contribution in [0.15, 0.2) is 24.3 Å². The molecule has 0 radical (unpaired) electrons. The van der Waals surface area contributed by atoms with E-state index in [4.69, 9.17) is 11.5 Å². The van der Waals surface area contributed by atoms with E-state index in [1.165, 1.54) is 17.0 Å². The Balaban J connectivity index is 1.69. The lowest BCUT2D eigenvalue weighted by Gasteiger charge is -2.29. The maximum atomic E-state index is 13.3. The number of carbonyl (C=O) groups is 6. The zero-order valence-electron chi connectivity index (χ0n) is 19.6. The molecule has 0 aromatic heterocycles. The number of aromatic hydroxyl groups is 1. The summed E-state index contributed by atoms with van der Waals surface area (Å²) < 4.78 is 0. The second-order valence-electron chi connectivity index (χ2n) is 8.91. The first-order valence-corrected chi connectivity index (χ1v) is 11.6. The maximum Gasteiger partial charge on any atom is 0.246 e. The van der Waals surface area contributed by atoms with Gasteiger partial charge in [-0.3, -0.25) is 28.8 Å². The average molecular weight is 503 g/mol. The van der Waals surface area contributed by atoms with E-state index in [0.717, 1.165) is 0 Å². The number of phenols is 1. The summed E-state index contributed by atoms with van der Waals surface area (Å²) in [4.78, 5) is 75.1. The first-order valence-electron chi connectivity index (χ1n) is 11.6. The largest absolute Gasteiger partial charge is 0.508 e. The molecule has 4 atom stereocenters. The summed E-state index contributed by atoms with van der Waals surface area (Å²) in [6.07, 6.45) is 0.811. The van der Waals surface area contributed by atoms with Crippen LogP contribution in [0.1, 0.15) is 37.7 Å². The van der Waals surface area contributed by atoms with Gasteiger partial charge in [0.25, 0.3) is 0 Å². The summed E-state index contributed by atoms with van der Waals surface area (Å²) >= 11 is 0. The molecule has 3 rings (SSSR count). The van der Waals surface area contributed by atoms with Crippen LogP contribution in [0, 0.1) is 0 Å². The predicted molar refractivity (Wildman–Crippen MR) is 125 cm³/mol. The molecule has 2 fully saturated rings. The highest BCUT2D eigenvalue weighted by atomic mass is 16.3. The summed E-state index contributed by atoms with van der Waals surface area (Å²) in [6, 6.07) is 1.91. The van der Waals surface area contributed by atoms with Crippen molar-refractivity contribution in [2.45, 2.75) is 62.7 Å². The number of phenolic OH excluding ortho intramolecular Hbond substituents is 1. The number of benzene rings is 1. The fraction of sp³-hybridized carbons (Fsp3) is 0.478. The second kappa shape index (κ2) is 11.5. The van der Waals surface area contributed by atoms with E-state index >= 15 is 0 Å². The molecule has 2 aliphatic heterocycles. The van der Waals surface area contributed by atoms with Gasteiger partial charge in [-0.1, -0.05) is 12.1 Å². The van der Waals surface area contributed by atoms with Gasteiger partial charge in [-0.25, -0.2) is 0 Å². The highest BCUT2D eigenvalue weighted by molar-refractivity contribution is 5.98. The highest BCUT2D eigenvalue weighted by Gasteiger charge is 2.40. The number of nitrogens with two attached hydrogens (primary N) is 2. The number of rotatable bonds is 10. The number of nitrogens with one attached hydrogen (secondary N) is 3. The van der Waals surface area contributed by atoms with Gasteiger partial charge >= 0.3 is 0 Å². The van der Waals surface area contributed by atoms with E-state index in [2.05, 4.69) is 16.0 Å². The zero-order valence-corrected chi connectivity index (χ0v) is 19.6. The molecule has 1 aromatic rings. The third kappa shape index (κ3) is 6.71. The summed E-state index contributed by atoms with van der Waals surface area (Å²) in [6.45, 7) is 0.196. The molecule has 13 heteroatoms. The molecule has 36 heavy (non-hydrogen) atoms. The number of amides is 6. The molecule has 2 aliphatic rings. The Morgan fingerprint density at radius 2 is 1.69 bits per heavy atom. The Kier molecular flexibility index (Phi) is 8.46. The van der Waals surface area contributed by atoms with Gasteiger partial charge in [0, 0.05) is 19.4 Å². The van der Waals surface area contributed by atoms with Crippen molar-refractivity contribution < 1.29 is 33.9 Å². The van der Waals surface area contributed by atoms with Crippen LogP contribution < -0.4 is 27.4 Å². The molecule has 8 N–H and O–H groups in total. The van der Waals surface area contributed by atoms with Crippen LogP contribution >= 0.6 is 0 Å². The molecule has 0 unspecified atom stereocenters.